The van der Waals surface area contributed by atoms with Gasteiger partial charge in [0.05, 0.1) is 11.4 Å². The van der Waals surface area contributed by atoms with Crippen molar-refractivity contribution in [1.82, 2.24) is 25.6 Å². The van der Waals surface area contributed by atoms with Gasteiger partial charge in [0.25, 0.3) is 0 Å². The summed E-state index contributed by atoms with van der Waals surface area (Å²) >= 11 is 0. The second-order valence-electron chi connectivity index (χ2n) is 13.0. The van der Waals surface area contributed by atoms with Crippen molar-refractivity contribution in [3.05, 3.63) is 129 Å². The Kier molecular flexibility index (Phi) is 10.9. The molecule has 0 aliphatic carbocycles. The number of pyridine rings is 3. The summed E-state index contributed by atoms with van der Waals surface area (Å²) < 4.78 is 0. The van der Waals surface area contributed by atoms with Gasteiger partial charge in [0, 0.05) is 49.2 Å². The fourth-order valence-corrected chi connectivity index (χ4v) is 7.30. The van der Waals surface area contributed by atoms with Crippen molar-refractivity contribution < 1.29 is 10.2 Å². The lowest BCUT2D eigenvalue weighted by atomic mass is 9.83. The first-order valence-corrected chi connectivity index (χ1v) is 17.7. The first kappa shape index (κ1) is 34.8. The molecule has 0 radical (unpaired) electrons. The minimum absolute atomic E-state index is 0.198. The fraction of sp³-hybridized carbons (Fsp3) is 0.310. The Balaban J connectivity index is 1.32. The Labute approximate surface area is 295 Å². The highest BCUT2D eigenvalue weighted by Crippen LogP contribution is 2.32. The van der Waals surface area contributed by atoms with Crippen molar-refractivity contribution >= 4 is 27.6 Å². The molecule has 8 nitrogen and oxygen atoms in total. The maximum Gasteiger partial charge on any atom is 0.141 e. The Morgan fingerprint density at radius 2 is 1.00 bits per heavy atom. The molecule has 8 heteroatoms. The summed E-state index contributed by atoms with van der Waals surface area (Å²) in [6.07, 6.45) is 2.73. The third-order valence-corrected chi connectivity index (χ3v) is 9.52. The van der Waals surface area contributed by atoms with E-state index in [4.69, 9.17) is 15.0 Å². The van der Waals surface area contributed by atoms with E-state index in [2.05, 4.69) is 55.8 Å². The normalized spacial score (nSPS) is 11.5. The molecular formula is C42H48N6O2. The predicted octanol–water partition coefficient (Wildman–Crippen LogP) is 8.08. The van der Waals surface area contributed by atoms with Crippen LogP contribution in [0.25, 0.3) is 21.8 Å². The molecule has 0 unspecified atom stereocenters. The smallest absolute Gasteiger partial charge is 0.141 e. The van der Waals surface area contributed by atoms with E-state index >= 15 is 0 Å². The highest BCUT2D eigenvalue weighted by Gasteiger charge is 2.21. The molecule has 0 aliphatic rings. The van der Waals surface area contributed by atoms with Crippen LogP contribution in [0.5, 0.6) is 11.5 Å². The average molecular weight is 669 g/mol. The van der Waals surface area contributed by atoms with Gasteiger partial charge in [-0.15, -0.1) is 0 Å². The zero-order chi connectivity index (χ0) is 35.2. The molecule has 0 fully saturated rings. The van der Waals surface area contributed by atoms with Gasteiger partial charge in [0.2, 0.25) is 0 Å². The SMILES string of the molecule is CCc1c(CNCc2ccc3cccc(O)c3n2)c(CC)c(CNc2cc(C)cc(C)n2)c(CC)c1CNCc1ccc2cccc(O)c2n1. The van der Waals surface area contributed by atoms with Crippen LogP contribution in [0.1, 0.15) is 76.8 Å². The number of para-hydroxylation sites is 2. The lowest BCUT2D eigenvalue weighted by molar-refractivity contribution is 0.479. The summed E-state index contributed by atoms with van der Waals surface area (Å²) in [5, 5.41) is 33.7. The maximum absolute atomic E-state index is 10.4. The van der Waals surface area contributed by atoms with Crippen LogP contribution < -0.4 is 16.0 Å². The van der Waals surface area contributed by atoms with Gasteiger partial charge in [0.15, 0.2) is 0 Å². The number of aromatic hydroxyl groups is 2. The molecule has 0 bridgehead atoms. The van der Waals surface area contributed by atoms with Crippen molar-refractivity contribution in [3.63, 3.8) is 0 Å². The number of anilines is 1. The number of phenolic OH excluding ortho intramolecular Hbond substituents is 2. The van der Waals surface area contributed by atoms with Crippen LogP contribution in [0.15, 0.2) is 72.8 Å². The van der Waals surface area contributed by atoms with Crippen LogP contribution in [0.4, 0.5) is 5.82 Å². The van der Waals surface area contributed by atoms with Gasteiger partial charge >= 0.3 is 0 Å². The summed E-state index contributed by atoms with van der Waals surface area (Å²) in [7, 11) is 0. The van der Waals surface area contributed by atoms with Crippen LogP contribution in [0, 0.1) is 13.8 Å². The molecule has 3 aromatic carbocycles. The van der Waals surface area contributed by atoms with E-state index in [1.165, 1.54) is 38.9 Å². The van der Waals surface area contributed by atoms with Gasteiger partial charge in [-0.3, -0.25) is 0 Å². The lowest BCUT2D eigenvalue weighted by Crippen LogP contribution is -2.23. The largest absolute Gasteiger partial charge is 0.506 e. The molecule has 0 amide bonds. The van der Waals surface area contributed by atoms with E-state index in [9.17, 15) is 10.2 Å². The number of aromatic nitrogens is 3. The molecular weight excluding hydrogens is 621 g/mol. The van der Waals surface area contributed by atoms with Crippen LogP contribution >= 0.6 is 0 Å². The number of aryl methyl sites for hydroxylation is 2. The third kappa shape index (κ3) is 7.57. The zero-order valence-electron chi connectivity index (χ0n) is 29.8. The van der Waals surface area contributed by atoms with Crippen molar-refractivity contribution in [2.45, 2.75) is 86.6 Å². The quantitative estimate of drug-likeness (QED) is 0.0792. The number of fused-ring (bicyclic) bond motifs is 2. The first-order chi connectivity index (χ1) is 24.3. The minimum Gasteiger partial charge on any atom is -0.506 e. The second-order valence-corrected chi connectivity index (χ2v) is 13.0. The van der Waals surface area contributed by atoms with Gasteiger partial charge in [-0.2, -0.15) is 0 Å². The molecule has 258 valence electrons. The van der Waals surface area contributed by atoms with E-state index in [1.54, 1.807) is 12.1 Å². The van der Waals surface area contributed by atoms with Crippen molar-refractivity contribution in [2.24, 2.45) is 0 Å². The molecule has 6 rings (SSSR count). The number of hydrogen-bond donors (Lipinski definition) is 5. The molecule has 0 aliphatic heterocycles. The minimum atomic E-state index is 0.198. The van der Waals surface area contributed by atoms with Gasteiger partial charge in [-0.05, 0) is 108 Å². The van der Waals surface area contributed by atoms with Crippen molar-refractivity contribution in [1.29, 1.82) is 0 Å². The Hall–Kier alpha value is -5.05. The van der Waals surface area contributed by atoms with E-state index < -0.39 is 0 Å². The van der Waals surface area contributed by atoms with Gasteiger partial charge < -0.3 is 26.2 Å². The van der Waals surface area contributed by atoms with E-state index in [1.807, 2.05) is 55.5 Å². The van der Waals surface area contributed by atoms with Gasteiger partial charge in [-0.25, -0.2) is 15.0 Å². The molecule has 3 aromatic heterocycles. The topological polar surface area (TPSA) is 115 Å². The maximum atomic E-state index is 10.4. The summed E-state index contributed by atoms with van der Waals surface area (Å²) in [5.74, 6) is 1.29. The number of nitrogens with one attached hydrogen (secondary N) is 3. The molecule has 0 atom stereocenters. The highest BCUT2D eigenvalue weighted by atomic mass is 16.3. The molecule has 5 N–H and O–H groups in total. The highest BCUT2D eigenvalue weighted by molar-refractivity contribution is 5.84. The predicted molar refractivity (Wildman–Crippen MR) is 204 cm³/mol. The molecule has 0 saturated heterocycles. The number of rotatable bonds is 14. The van der Waals surface area contributed by atoms with E-state index in [0.29, 0.717) is 43.8 Å². The van der Waals surface area contributed by atoms with Crippen LogP contribution in [-0.2, 0) is 52.0 Å². The van der Waals surface area contributed by atoms with E-state index in [0.717, 1.165) is 52.9 Å². The zero-order valence-corrected chi connectivity index (χ0v) is 29.8. The number of nitrogens with zero attached hydrogens (tertiary/aromatic N) is 3. The summed E-state index contributed by atoms with van der Waals surface area (Å²) in [6.45, 7) is 14.1. The summed E-state index contributed by atoms with van der Waals surface area (Å²) in [5.41, 5.74) is 13.4. The van der Waals surface area contributed by atoms with Crippen molar-refractivity contribution in [3.8, 4) is 11.5 Å². The Morgan fingerprint density at radius 1 is 0.520 bits per heavy atom. The first-order valence-electron chi connectivity index (χ1n) is 17.7. The van der Waals surface area contributed by atoms with Gasteiger partial charge in [0.1, 0.15) is 28.4 Å². The monoisotopic (exact) mass is 668 g/mol. The summed E-state index contributed by atoms with van der Waals surface area (Å²) in [4.78, 5) is 14.3. The van der Waals surface area contributed by atoms with Crippen molar-refractivity contribution in [2.75, 3.05) is 5.32 Å². The van der Waals surface area contributed by atoms with Crippen LogP contribution in [-0.4, -0.2) is 25.2 Å². The Bertz CT molecular complexity index is 2000. The van der Waals surface area contributed by atoms with Crippen LogP contribution in [0.3, 0.4) is 0 Å². The third-order valence-electron chi connectivity index (χ3n) is 9.52. The number of phenols is 2. The number of benzene rings is 3. The second kappa shape index (κ2) is 15.7. The molecule has 50 heavy (non-hydrogen) atoms. The lowest BCUT2D eigenvalue weighted by Gasteiger charge is -2.27. The Morgan fingerprint density at radius 3 is 1.46 bits per heavy atom. The van der Waals surface area contributed by atoms with Crippen LogP contribution in [0.2, 0.25) is 0 Å². The fourth-order valence-electron chi connectivity index (χ4n) is 7.30. The molecule has 6 aromatic rings. The summed E-state index contributed by atoms with van der Waals surface area (Å²) in [6, 6.07) is 23.3. The molecule has 0 spiro atoms. The van der Waals surface area contributed by atoms with E-state index in [-0.39, 0.29) is 11.5 Å². The standard InChI is InChI=1S/C42H48N6O2/c1-6-32-35(23-43-21-30-17-15-28-11-9-13-38(49)41(28)47-30)33(7-2)37(25-45-40-20-26(4)19-27(5)46-40)34(8-3)36(32)24-44-22-31-18-16-29-12-10-14-39(50)42(29)48-31/h9-20,43-44,49-50H,6-8,21-25H2,1-5H3,(H,45,46). The molecule has 3 heterocycles. The molecule has 0 saturated carbocycles. The van der Waals surface area contributed by atoms with Gasteiger partial charge in [-0.1, -0.05) is 57.2 Å². The number of hydrogen-bond acceptors (Lipinski definition) is 8. The average Bonchev–Trinajstić information content (AvgIpc) is 3.11.